The summed E-state index contributed by atoms with van der Waals surface area (Å²) in [4.78, 5) is 2.63. The molecule has 2 N–H and O–H groups in total. The van der Waals surface area contributed by atoms with Gasteiger partial charge in [-0.3, -0.25) is 4.90 Å². The van der Waals surface area contributed by atoms with Crippen molar-refractivity contribution in [3.63, 3.8) is 0 Å². The van der Waals surface area contributed by atoms with E-state index in [2.05, 4.69) is 46.0 Å². The largest absolute Gasteiger partial charge is 1.00 e. The van der Waals surface area contributed by atoms with Crippen LogP contribution in [-0.4, -0.2) is 90.7 Å². The maximum absolute atomic E-state index is 10.4. The zero-order valence-corrected chi connectivity index (χ0v) is 31.9. The lowest BCUT2D eigenvalue weighted by Crippen LogP contribution is -3.00. The van der Waals surface area contributed by atoms with Gasteiger partial charge in [-0.25, -0.2) is 4.58 Å². The number of ether oxygens (including phenoxy) is 4. The van der Waals surface area contributed by atoms with Crippen LogP contribution in [0.15, 0.2) is 48.6 Å². The molecule has 6 atom stereocenters. The number of unbranched alkanes of at least 4 members (excludes halogenated alkanes) is 7. The van der Waals surface area contributed by atoms with Crippen LogP contribution in [0.4, 0.5) is 0 Å². The average molecular weight is 764 g/mol. The lowest BCUT2D eigenvalue weighted by molar-refractivity contribution is -0.524. The van der Waals surface area contributed by atoms with Gasteiger partial charge in [-0.05, 0) is 56.1 Å². The Morgan fingerprint density at radius 3 is 2.02 bits per heavy atom. The molecule has 2 aromatic carbocycles. The maximum Gasteiger partial charge on any atom is 0.171 e. The molecule has 0 fully saturated rings. The molecule has 0 unspecified atom stereocenters. The molecule has 4 heterocycles. The maximum atomic E-state index is 10.4. The first-order valence-electron chi connectivity index (χ1n) is 19.3. The number of hydrogen-bond acceptors (Lipinski definition) is 7. The monoisotopic (exact) mass is 762 g/mol. The van der Waals surface area contributed by atoms with Crippen molar-refractivity contribution in [1.29, 1.82) is 0 Å². The number of nitrogens with zero attached hydrogens (tertiary/aromatic N) is 2. The van der Waals surface area contributed by atoms with Crippen LogP contribution in [0, 0.1) is 0 Å². The minimum atomic E-state index is -0.453. The normalized spacial score (nSPS) is 29.6. The Balaban J connectivity index is 0.00000406. The van der Waals surface area contributed by atoms with E-state index < -0.39 is 12.2 Å². The third-order valence-corrected chi connectivity index (χ3v) is 12.6. The van der Waals surface area contributed by atoms with Crippen molar-refractivity contribution < 1.29 is 50.7 Å². The van der Waals surface area contributed by atoms with Crippen LogP contribution in [0.25, 0.3) is 0 Å². The van der Waals surface area contributed by atoms with E-state index >= 15 is 0 Å². The predicted octanol–water partition coefficient (Wildman–Crippen LogP) is 3.21. The zero-order chi connectivity index (χ0) is 34.3. The summed E-state index contributed by atoms with van der Waals surface area (Å²) in [5.74, 6) is 3.35. The van der Waals surface area contributed by atoms with Crippen LogP contribution in [0.1, 0.15) is 99.3 Å². The average Bonchev–Trinajstić information content (AvgIpc) is 3.51. The third kappa shape index (κ3) is 6.66. The van der Waals surface area contributed by atoms with Gasteiger partial charge in [-0.2, -0.15) is 0 Å². The summed E-state index contributed by atoms with van der Waals surface area (Å²) in [5, 5.41) is 20.7. The summed E-state index contributed by atoms with van der Waals surface area (Å²) < 4.78 is 26.8. The molecule has 0 radical (unpaired) electrons. The van der Waals surface area contributed by atoms with E-state index in [0.29, 0.717) is 12.8 Å². The Labute approximate surface area is 313 Å². The Morgan fingerprint density at radius 2 is 1.35 bits per heavy atom. The van der Waals surface area contributed by atoms with Gasteiger partial charge in [-0.1, -0.05) is 62.5 Å². The number of methoxy groups -OCH3 is 2. The number of hydrogen-bond donors (Lipinski definition) is 2. The second kappa shape index (κ2) is 15.2. The molecule has 8 rings (SSSR count). The van der Waals surface area contributed by atoms with E-state index in [1.165, 1.54) is 73.6 Å². The summed E-state index contributed by atoms with van der Waals surface area (Å²) in [6, 6.07) is 8.50. The van der Waals surface area contributed by atoms with Crippen molar-refractivity contribution in [3.8, 4) is 23.0 Å². The fourth-order valence-electron chi connectivity index (χ4n) is 9.91. The van der Waals surface area contributed by atoms with Crippen molar-refractivity contribution in [1.82, 2.24) is 4.90 Å². The minimum absolute atomic E-state index is 0. The summed E-state index contributed by atoms with van der Waals surface area (Å²) in [7, 11) is 3.42. The van der Waals surface area contributed by atoms with E-state index in [9.17, 15) is 10.2 Å². The van der Waals surface area contributed by atoms with Crippen LogP contribution in [0.2, 0.25) is 0 Å². The number of aliphatic hydroxyl groups excluding tert-OH is 2. The van der Waals surface area contributed by atoms with Crippen molar-refractivity contribution in [3.05, 3.63) is 70.8 Å². The second-order valence-electron chi connectivity index (χ2n) is 15.6. The molecule has 4 aliphatic heterocycles. The molecule has 2 aliphatic carbocycles. The number of halogens is 1. The van der Waals surface area contributed by atoms with Crippen molar-refractivity contribution in [2.45, 2.75) is 119 Å². The van der Waals surface area contributed by atoms with Gasteiger partial charge in [0.1, 0.15) is 25.3 Å². The molecular weight excluding hydrogens is 708 g/mol. The summed E-state index contributed by atoms with van der Waals surface area (Å²) >= 11 is 0. The first-order valence-corrected chi connectivity index (χ1v) is 19.3. The van der Waals surface area contributed by atoms with E-state index in [4.69, 9.17) is 18.9 Å². The predicted molar refractivity (Wildman–Crippen MR) is 194 cm³/mol. The smallest absolute Gasteiger partial charge is 0.171 e. The Kier molecular flexibility index (Phi) is 10.9. The fraction of sp³-hybridized carbons (Fsp3) is 0.595. The quantitative estimate of drug-likeness (QED) is 0.185. The van der Waals surface area contributed by atoms with Gasteiger partial charge in [0.05, 0.1) is 37.3 Å². The van der Waals surface area contributed by atoms with Crippen molar-refractivity contribution in [2.75, 3.05) is 40.4 Å². The number of rotatable bonds is 13. The second-order valence-corrected chi connectivity index (χ2v) is 15.6. The van der Waals surface area contributed by atoms with Gasteiger partial charge in [0.2, 0.25) is 0 Å². The number of aliphatic hydroxyl groups is 2. The lowest BCUT2D eigenvalue weighted by Gasteiger charge is -2.35. The molecular formula is C42H55BrN2O6. The molecule has 9 heteroatoms. The topological polar surface area (TPSA) is 83.6 Å². The summed E-state index contributed by atoms with van der Waals surface area (Å²) in [6.45, 7) is 5.19. The molecule has 51 heavy (non-hydrogen) atoms. The van der Waals surface area contributed by atoms with E-state index in [0.717, 1.165) is 68.6 Å². The van der Waals surface area contributed by atoms with Gasteiger partial charge >= 0.3 is 0 Å². The lowest BCUT2D eigenvalue weighted by atomic mass is 9.69. The SMILES string of the molecule is COc1ccc2c3c1O[C@H]1C[C@@H](O)C=C[C@@]31CC[N+](CCCCCCCCCCN1CC[C@@]34C=C[C@H](O)C[C@@H]3Oc3c(OC)ccc(c34)C1)=C2.[Br-]. The van der Waals surface area contributed by atoms with Gasteiger partial charge < -0.3 is 46.1 Å². The van der Waals surface area contributed by atoms with Crippen LogP contribution in [0.5, 0.6) is 23.0 Å². The molecule has 0 bridgehead atoms. The van der Waals surface area contributed by atoms with E-state index in [-0.39, 0.29) is 40.0 Å². The highest BCUT2D eigenvalue weighted by atomic mass is 79.9. The van der Waals surface area contributed by atoms with Gasteiger partial charge in [0.25, 0.3) is 0 Å². The van der Waals surface area contributed by atoms with E-state index in [1.807, 2.05) is 18.2 Å². The zero-order valence-electron chi connectivity index (χ0n) is 30.3. The van der Waals surface area contributed by atoms with Crippen LogP contribution in [0.3, 0.4) is 0 Å². The molecule has 0 aromatic heterocycles. The molecule has 2 aromatic rings. The van der Waals surface area contributed by atoms with Crippen LogP contribution < -0.4 is 35.9 Å². The summed E-state index contributed by atoms with van der Waals surface area (Å²) in [5.41, 5.74) is 4.76. The molecule has 6 aliphatic rings. The highest BCUT2D eigenvalue weighted by Gasteiger charge is 2.54. The van der Waals surface area contributed by atoms with E-state index in [1.54, 1.807) is 14.2 Å². The Morgan fingerprint density at radius 1 is 0.765 bits per heavy atom. The van der Waals surface area contributed by atoms with Gasteiger partial charge in [-0.15, -0.1) is 0 Å². The Hall–Kier alpha value is -2.85. The first-order chi connectivity index (χ1) is 24.4. The number of benzene rings is 2. The Bertz CT molecular complexity index is 1670. The molecule has 0 amide bonds. The molecule has 0 saturated heterocycles. The van der Waals surface area contributed by atoms with Gasteiger partial charge in [0, 0.05) is 48.9 Å². The summed E-state index contributed by atoms with van der Waals surface area (Å²) in [6.07, 6.45) is 23.3. The minimum Gasteiger partial charge on any atom is -1.00 e. The van der Waals surface area contributed by atoms with Gasteiger partial charge in [0.15, 0.2) is 29.2 Å². The molecule has 2 spiro atoms. The molecule has 0 saturated carbocycles. The van der Waals surface area contributed by atoms with Crippen molar-refractivity contribution in [2.24, 2.45) is 0 Å². The fourth-order valence-corrected chi connectivity index (χ4v) is 9.91. The van der Waals surface area contributed by atoms with Crippen LogP contribution >= 0.6 is 0 Å². The van der Waals surface area contributed by atoms with Crippen molar-refractivity contribution >= 4 is 6.21 Å². The van der Waals surface area contributed by atoms with Crippen LogP contribution in [-0.2, 0) is 17.4 Å². The molecule has 276 valence electrons. The standard InChI is InChI=1S/C42H55N2O6.BrH/c1-47-33-13-11-29-27-43(23-19-41-17-15-31(45)25-35(41)49-39(33)37(29)41)21-9-7-5-3-4-6-8-10-22-44-24-20-42-18-16-32(46)26-36(42)50-40-34(48-2)14-12-30(28-44)38(40)42;/h11-18,27,31-32,35-36,45-46H,3-10,19-26,28H2,1-2H3;1H/q+1;/p-1/t31-,32-,35-,36-,41-,42-;/m0./s1. The highest BCUT2D eigenvalue weighted by Crippen LogP contribution is 2.56. The highest BCUT2D eigenvalue weighted by molar-refractivity contribution is 5.83. The molecule has 8 nitrogen and oxygen atoms in total. The third-order valence-electron chi connectivity index (χ3n) is 12.6. The first kappa shape index (κ1) is 36.5.